The second-order valence-corrected chi connectivity index (χ2v) is 6.40. The lowest BCUT2D eigenvalue weighted by molar-refractivity contribution is -0.134. The van der Waals surface area contributed by atoms with E-state index in [1.54, 1.807) is 4.90 Å². The predicted octanol–water partition coefficient (Wildman–Crippen LogP) is 0.122. The van der Waals surface area contributed by atoms with Crippen LogP contribution in [0.25, 0.3) is 10.9 Å². The molecule has 1 aromatic carbocycles. The lowest BCUT2D eigenvalue weighted by atomic mass is 10.0. The van der Waals surface area contributed by atoms with Crippen LogP contribution in [0.15, 0.2) is 36.5 Å². The quantitative estimate of drug-likeness (QED) is 0.425. The van der Waals surface area contributed by atoms with Gasteiger partial charge in [0.1, 0.15) is 0 Å². The SMILES string of the molecule is CN1C(=O)NCC1Cc1ccc2[nH]cc(CCN)c2c1.O.O=C(O)/C=C\C(=O)O. The molecule has 0 aliphatic carbocycles. The van der Waals surface area contributed by atoms with Gasteiger partial charge in [-0.15, -0.1) is 0 Å². The Kier molecular flexibility index (Phi) is 8.84. The Bertz CT molecular complexity index is 876. The molecule has 8 N–H and O–H groups in total. The van der Waals surface area contributed by atoms with Crippen LogP contribution in [0.1, 0.15) is 11.1 Å². The van der Waals surface area contributed by atoms with Crippen molar-refractivity contribution in [2.24, 2.45) is 5.73 Å². The minimum Gasteiger partial charge on any atom is -0.478 e. The first-order chi connectivity index (χ1) is 13.3. The molecule has 0 radical (unpaired) electrons. The van der Waals surface area contributed by atoms with Gasteiger partial charge < -0.3 is 36.6 Å². The Labute approximate surface area is 167 Å². The van der Waals surface area contributed by atoms with Gasteiger partial charge in [-0.05, 0) is 42.6 Å². The molecule has 1 saturated heterocycles. The van der Waals surface area contributed by atoms with Gasteiger partial charge in [-0.2, -0.15) is 0 Å². The van der Waals surface area contributed by atoms with E-state index in [9.17, 15) is 14.4 Å². The number of nitrogens with one attached hydrogen (secondary N) is 2. The van der Waals surface area contributed by atoms with E-state index < -0.39 is 11.9 Å². The van der Waals surface area contributed by atoms with Crippen LogP contribution < -0.4 is 11.1 Å². The number of fused-ring (bicyclic) bond motifs is 1. The lowest BCUT2D eigenvalue weighted by Crippen LogP contribution is -2.31. The number of aromatic amines is 1. The van der Waals surface area contributed by atoms with Gasteiger partial charge in [-0.3, -0.25) is 0 Å². The standard InChI is InChI=1S/C15H20N4O.C4H4O4.H2O/c1-19-12(9-18-15(19)20)6-10-2-3-14-13(7-10)11(4-5-16)8-17-14;5-3(6)1-2-4(7)8;/h2-3,7-8,12,17H,4-6,9,16H2,1H3,(H,18,20);1-2H,(H,5,6)(H,7,8);1H2/b;2-1-;. The second-order valence-electron chi connectivity index (χ2n) is 6.40. The van der Waals surface area contributed by atoms with Crippen LogP contribution in [-0.2, 0) is 22.4 Å². The van der Waals surface area contributed by atoms with Crippen LogP contribution in [0, 0.1) is 0 Å². The van der Waals surface area contributed by atoms with Crippen molar-refractivity contribution in [3.05, 3.63) is 47.7 Å². The number of carbonyl (C=O) groups is 3. The molecular weight excluding hydrogens is 380 g/mol. The van der Waals surface area contributed by atoms with E-state index in [0.717, 1.165) is 24.9 Å². The molecule has 1 aliphatic rings. The number of aromatic nitrogens is 1. The Morgan fingerprint density at radius 2 is 1.93 bits per heavy atom. The number of amides is 2. The highest BCUT2D eigenvalue weighted by molar-refractivity contribution is 5.89. The van der Waals surface area contributed by atoms with Crippen LogP contribution in [0.4, 0.5) is 4.79 Å². The summed E-state index contributed by atoms with van der Waals surface area (Å²) in [6.45, 7) is 1.37. The number of H-pyrrole nitrogens is 1. The fourth-order valence-electron chi connectivity index (χ4n) is 2.97. The average molecular weight is 406 g/mol. The molecule has 2 aromatic rings. The molecule has 1 aliphatic heterocycles. The molecule has 0 saturated carbocycles. The molecule has 2 heterocycles. The molecule has 158 valence electrons. The maximum Gasteiger partial charge on any atom is 0.328 e. The molecule has 1 aromatic heterocycles. The topological polar surface area (TPSA) is 180 Å². The molecular formula is C19H26N4O6. The highest BCUT2D eigenvalue weighted by Crippen LogP contribution is 2.22. The number of nitrogens with zero attached hydrogens (tertiary/aromatic N) is 1. The van der Waals surface area contributed by atoms with Gasteiger partial charge in [0.15, 0.2) is 0 Å². The maximum absolute atomic E-state index is 11.5. The van der Waals surface area contributed by atoms with Gasteiger partial charge in [0.25, 0.3) is 0 Å². The summed E-state index contributed by atoms with van der Waals surface area (Å²) in [6.07, 6.45) is 4.91. The number of aliphatic carboxylic acids is 2. The first-order valence-electron chi connectivity index (χ1n) is 8.75. The Hall–Kier alpha value is -3.37. The largest absolute Gasteiger partial charge is 0.478 e. The zero-order chi connectivity index (χ0) is 20.7. The van der Waals surface area contributed by atoms with Crippen molar-refractivity contribution in [1.29, 1.82) is 0 Å². The van der Waals surface area contributed by atoms with E-state index in [-0.39, 0.29) is 17.5 Å². The molecule has 29 heavy (non-hydrogen) atoms. The summed E-state index contributed by atoms with van der Waals surface area (Å²) < 4.78 is 0. The van der Waals surface area contributed by atoms with Crippen LogP contribution in [0.2, 0.25) is 0 Å². The molecule has 1 atom stereocenters. The van der Waals surface area contributed by atoms with E-state index in [4.69, 9.17) is 15.9 Å². The van der Waals surface area contributed by atoms with Gasteiger partial charge in [-0.1, -0.05) is 6.07 Å². The zero-order valence-electron chi connectivity index (χ0n) is 16.0. The summed E-state index contributed by atoms with van der Waals surface area (Å²) in [6, 6.07) is 6.70. The third-order valence-electron chi connectivity index (χ3n) is 4.44. The summed E-state index contributed by atoms with van der Waals surface area (Å²) in [7, 11) is 1.85. The molecule has 2 amide bonds. The van der Waals surface area contributed by atoms with Crippen molar-refractivity contribution in [2.75, 3.05) is 20.1 Å². The van der Waals surface area contributed by atoms with E-state index in [1.165, 1.54) is 16.5 Å². The molecule has 0 spiro atoms. The fraction of sp³-hybridized carbons (Fsp3) is 0.316. The Balaban J connectivity index is 0.000000403. The minimum absolute atomic E-state index is 0. The third kappa shape index (κ3) is 6.63. The van der Waals surface area contributed by atoms with Crippen molar-refractivity contribution in [2.45, 2.75) is 18.9 Å². The van der Waals surface area contributed by atoms with Gasteiger partial charge in [0.05, 0.1) is 6.04 Å². The first-order valence-corrected chi connectivity index (χ1v) is 8.75. The number of nitrogens with two attached hydrogens (primary N) is 1. The van der Waals surface area contributed by atoms with Gasteiger partial charge >= 0.3 is 18.0 Å². The van der Waals surface area contributed by atoms with Crippen molar-refractivity contribution in [1.82, 2.24) is 15.2 Å². The number of benzene rings is 1. The molecule has 10 heteroatoms. The number of urea groups is 1. The number of hydrogen-bond donors (Lipinski definition) is 5. The number of carbonyl (C=O) groups excluding carboxylic acids is 1. The number of likely N-dealkylation sites (N-methyl/N-ethyl adjacent to an activating group) is 1. The zero-order valence-corrected chi connectivity index (χ0v) is 16.0. The van der Waals surface area contributed by atoms with Gasteiger partial charge in [0.2, 0.25) is 0 Å². The van der Waals surface area contributed by atoms with Crippen molar-refractivity contribution in [3.8, 4) is 0 Å². The van der Waals surface area contributed by atoms with Crippen LogP contribution >= 0.6 is 0 Å². The highest BCUT2D eigenvalue weighted by atomic mass is 16.4. The molecule has 3 rings (SSSR count). The summed E-state index contributed by atoms with van der Waals surface area (Å²) in [5.41, 5.74) is 9.31. The minimum atomic E-state index is -1.26. The number of carboxylic acid groups (broad SMARTS) is 2. The summed E-state index contributed by atoms with van der Waals surface area (Å²) >= 11 is 0. The summed E-state index contributed by atoms with van der Waals surface area (Å²) in [5, 5.41) is 19.7. The average Bonchev–Trinajstić information content (AvgIpc) is 3.19. The predicted molar refractivity (Wildman–Crippen MR) is 108 cm³/mol. The molecule has 10 nitrogen and oxygen atoms in total. The van der Waals surface area contributed by atoms with E-state index in [1.807, 2.05) is 13.2 Å². The van der Waals surface area contributed by atoms with Crippen LogP contribution in [-0.4, -0.2) is 69.7 Å². The molecule has 0 bridgehead atoms. The third-order valence-corrected chi connectivity index (χ3v) is 4.44. The van der Waals surface area contributed by atoms with Gasteiger partial charge in [0, 0.05) is 42.8 Å². The van der Waals surface area contributed by atoms with E-state index in [2.05, 4.69) is 28.5 Å². The summed E-state index contributed by atoms with van der Waals surface area (Å²) in [5.74, 6) is -2.51. The molecule has 1 unspecified atom stereocenters. The second kappa shape index (κ2) is 10.8. The number of rotatable bonds is 6. The van der Waals surface area contributed by atoms with E-state index >= 15 is 0 Å². The van der Waals surface area contributed by atoms with Crippen molar-refractivity contribution >= 4 is 28.9 Å². The number of hydrogen-bond acceptors (Lipinski definition) is 4. The van der Waals surface area contributed by atoms with Crippen LogP contribution in [0.5, 0.6) is 0 Å². The fourth-order valence-corrected chi connectivity index (χ4v) is 2.97. The first kappa shape index (κ1) is 23.7. The Morgan fingerprint density at radius 1 is 1.28 bits per heavy atom. The lowest BCUT2D eigenvalue weighted by Gasteiger charge is -2.17. The van der Waals surface area contributed by atoms with Gasteiger partial charge in [-0.25, -0.2) is 14.4 Å². The maximum atomic E-state index is 11.5. The van der Waals surface area contributed by atoms with Crippen LogP contribution in [0.3, 0.4) is 0 Å². The smallest absolute Gasteiger partial charge is 0.328 e. The number of carboxylic acids is 2. The van der Waals surface area contributed by atoms with Crippen molar-refractivity contribution < 1.29 is 30.1 Å². The van der Waals surface area contributed by atoms with E-state index in [0.29, 0.717) is 18.7 Å². The molecule has 1 fully saturated rings. The Morgan fingerprint density at radius 3 is 2.45 bits per heavy atom. The summed E-state index contributed by atoms with van der Waals surface area (Å²) in [4.78, 5) is 35.6. The highest BCUT2D eigenvalue weighted by Gasteiger charge is 2.27. The van der Waals surface area contributed by atoms with Crippen molar-refractivity contribution in [3.63, 3.8) is 0 Å². The normalized spacial score (nSPS) is 15.6. The monoisotopic (exact) mass is 406 g/mol.